The monoisotopic (exact) mass is 250 g/mol. The normalized spacial score (nSPS) is 46.7. The molecular weight excluding hydrogens is 220 g/mol. The fraction of sp³-hybridized carbons (Fsp3) is 1.00. The third-order valence-electron chi connectivity index (χ3n) is 6.96. The molecular formula is C17H30O. The van der Waals surface area contributed by atoms with Crippen molar-refractivity contribution in [3.63, 3.8) is 0 Å². The SMILES string of the molecule is CCOCC(C)(C)C1(C)C2CC3CC(C2)CC1C3. The molecule has 0 radical (unpaired) electrons. The number of ether oxygens (including phenoxy) is 1. The summed E-state index contributed by atoms with van der Waals surface area (Å²) < 4.78 is 5.82. The largest absolute Gasteiger partial charge is 0.381 e. The van der Waals surface area contributed by atoms with Gasteiger partial charge in [-0.2, -0.15) is 0 Å². The fourth-order valence-corrected chi connectivity index (χ4v) is 5.78. The Balaban J connectivity index is 1.85. The molecule has 4 saturated carbocycles. The smallest absolute Gasteiger partial charge is 0.0522 e. The van der Waals surface area contributed by atoms with Crippen LogP contribution in [0.1, 0.15) is 59.8 Å². The first-order valence-corrected chi connectivity index (χ1v) is 8.05. The van der Waals surface area contributed by atoms with E-state index in [0.717, 1.165) is 36.9 Å². The van der Waals surface area contributed by atoms with E-state index >= 15 is 0 Å². The van der Waals surface area contributed by atoms with Gasteiger partial charge in [0.25, 0.3) is 0 Å². The van der Waals surface area contributed by atoms with Gasteiger partial charge in [0, 0.05) is 6.61 Å². The van der Waals surface area contributed by atoms with Crippen LogP contribution in [0.4, 0.5) is 0 Å². The molecule has 0 atom stereocenters. The van der Waals surface area contributed by atoms with Crippen molar-refractivity contribution in [3.05, 3.63) is 0 Å². The van der Waals surface area contributed by atoms with Crippen molar-refractivity contribution in [2.24, 2.45) is 34.5 Å². The average Bonchev–Trinajstić information content (AvgIpc) is 2.32. The van der Waals surface area contributed by atoms with E-state index in [1.165, 1.54) is 25.7 Å². The van der Waals surface area contributed by atoms with Crippen molar-refractivity contribution < 1.29 is 4.74 Å². The minimum absolute atomic E-state index is 0.339. The molecule has 4 aliphatic rings. The molecule has 0 unspecified atom stereocenters. The van der Waals surface area contributed by atoms with Crippen LogP contribution in [0.15, 0.2) is 0 Å². The van der Waals surface area contributed by atoms with E-state index in [2.05, 4.69) is 27.7 Å². The standard InChI is InChI=1S/C17H30O/c1-5-18-11-16(2,3)17(4)14-7-12-6-13(9-14)10-15(17)8-12/h12-15H,5-11H2,1-4H3. The first-order valence-electron chi connectivity index (χ1n) is 8.05. The Morgan fingerprint density at radius 1 is 1.00 bits per heavy atom. The molecule has 4 fully saturated rings. The summed E-state index contributed by atoms with van der Waals surface area (Å²) in [6, 6.07) is 0. The summed E-state index contributed by atoms with van der Waals surface area (Å²) in [5.74, 6) is 4.10. The highest BCUT2D eigenvalue weighted by atomic mass is 16.5. The van der Waals surface area contributed by atoms with E-state index in [4.69, 9.17) is 4.74 Å². The lowest BCUT2D eigenvalue weighted by molar-refractivity contribution is -0.175. The first kappa shape index (κ1) is 13.0. The second-order valence-corrected chi connectivity index (χ2v) is 8.11. The van der Waals surface area contributed by atoms with E-state index in [9.17, 15) is 0 Å². The fourth-order valence-electron chi connectivity index (χ4n) is 5.78. The Morgan fingerprint density at radius 2 is 1.50 bits per heavy atom. The maximum atomic E-state index is 5.82. The molecule has 1 heteroatoms. The topological polar surface area (TPSA) is 9.23 Å². The zero-order valence-electron chi connectivity index (χ0n) is 12.7. The maximum absolute atomic E-state index is 5.82. The molecule has 4 bridgehead atoms. The van der Waals surface area contributed by atoms with Crippen LogP contribution in [-0.4, -0.2) is 13.2 Å². The lowest BCUT2D eigenvalue weighted by Gasteiger charge is -2.65. The third-order valence-corrected chi connectivity index (χ3v) is 6.96. The minimum Gasteiger partial charge on any atom is -0.381 e. The molecule has 0 aromatic heterocycles. The van der Waals surface area contributed by atoms with Gasteiger partial charge in [0.2, 0.25) is 0 Å². The van der Waals surface area contributed by atoms with Gasteiger partial charge in [-0.05, 0) is 73.5 Å². The second-order valence-electron chi connectivity index (χ2n) is 8.11. The lowest BCUT2D eigenvalue weighted by Crippen LogP contribution is -2.58. The Kier molecular flexibility index (Phi) is 3.05. The van der Waals surface area contributed by atoms with Gasteiger partial charge in [0.05, 0.1) is 6.61 Å². The minimum atomic E-state index is 0.339. The van der Waals surface area contributed by atoms with Gasteiger partial charge in [-0.3, -0.25) is 0 Å². The molecule has 0 aromatic carbocycles. The summed E-state index contributed by atoms with van der Waals surface area (Å²) in [4.78, 5) is 0. The van der Waals surface area contributed by atoms with Crippen molar-refractivity contribution in [2.75, 3.05) is 13.2 Å². The van der Waals surface area contributed by atoms with Crippen LogP contribution in [-0.2, 0) is 4.74 Å². The van der Waals surface area contributed by atoms with E-state index in [0.29, 0.717) is 10.8 Å². The summed E-state index contributed by atoms with van der Waals surface area (Å²) >= 11 is 0. The van der Waals surface area contributed by atoms with Crippen molar-refractivity contribution in [1.82, 2.24) is 0 Å². The van der Waals surface area contributed by atoms with Crippen LogP contribution >= 0.6 is 0 Å². The molecule has 0 spiro atoms. The highest BCUT2D eigenvalue weighted by molar-refractivity contribution is 5.09. The summed E-state index contributed by atoms with van der Waals surface area (Å²) in [5.41, 5.74) is 0.862. The summed E-state index contributed by atoms with van der Waals surface area (Å²) in [6.07, 6.45) is 7.60. The lowest BCUT2D eigenvalue weighted by atomic mass is 9.40. The van der Waals surface area contributed by atoms with Crippen molar-refractivity contribution >= 4 is 0 Å². The van der Waals surface area contributed by atoms with Crippen LogP contribution in [0.3, 0.4) is 0 Å². The highest BCUT2D eigenvalue weighted by Crippen LogP contribution is 2.67. The van der Waals surface area contributed by atoms with Crippen LogP contribution in [0.5, 0.6) is 0 Å². The first-order chi connectivity index (χ1) is 8.47. The van der Waals surface area contributed by atoms with Crippen LogP contribution < -0.4 is 0 Å². The number of rotatable bonds is 4. The van der Waals surface area contributed by atoms with E-state index < -0.39 is 0 Å². The molecule has 1 nitrogen and oxygen atoms in total. The maximum Gasteiger partial charge on any atom is 0.0522 e. The van der Waals surface area contributed by atoms with Crippen LogP contribution in [0.25, 0.3) is 0 Å². The Bertz CT molecular complexity index is 290. The molecule has 0 N–H and O–H groups in total. The molecule has 0 aliphatic heterocycles. The number of hydrogen-bond acceptors (Lipinski definition) is 1. The van der Waals surface area contributed by atoms with Gasteiger partial charge in [-0.25, -0.2) is 0 Å². The molecule has 4 rings (SSSR count). The van der Waals surface area contributed by atoms with Gasteiger partial charge >= 0.3 is 0 Å². The predicted octanol–water partition coefficient (Wildman–Crippen LogP) is 4.51. The molecule has 18 heavy (non-hydrogen) atoms. The molecule has 0 saturated heterocycles. The van der Waals surface area contributed by atoms with E-state index in [1.54, 1.807) is 6.42 Å². The molecule has 0 aromatic rings. The van der Waals surface area contributed by atoms with Crippen LogP contribution in [0, 0.1) is 34.5 Å². The molecule has 104 valence electrons. The Labute approximate surface area is 113 Å². The van der Waals surface area contributed by atoms with E-state index in [1.807, 2.05) is 0 Å². The third kappa shape index (κ3) is 1.69. The summed E-state index contributed by atoms with van der Waals surface area (Å²) in [5, 5.41) is 0. The van der Waals surface area contributed by atoms with Gasteiger partial charge in [0.1, 0.15) is 0 Å². The quantitative estimate of drug-likeness (QED) is 0.713. The number of hydrogen-bond donors (Lipinski definition) is 0. The Hall–Kier alpha value is -0.0400. The summed E-state index contributed by atoms with van der Waals surface area (Å²) in [7, 11) is 0. The van der Waals surface area contributed by atoms with Gasteiger partial charge < -0.3 is 4.74 Å². The van der Waals surface area contributed by atoms with E-state index in [-0.39, 0.29) is 0 Å². The van der Waals surface area contributed by atoms with Crippen LogP contribution in [0.2, 0.25) is 0 Å². The van der Waals surface area contributed by atoms with Gasteiger partial charge in [0.15, 0.2) is 0 Å². The zero-order chi connectivity index (χ0) is 13.0. The van der Waals surface area contributed by atoms with Crippen molar-refractivity contribution in [3.8, 4) is 0 Å². The van der Waals surface area contributed by atoms with Gasteiger partial charge in [-0.15, -0.1) is 0 Å². The van der Waals surface area contributed by atoms with Crippen molar-refractivity contribution in [2.45, 2.75) is 59.8 Å². The van der Waals surface area contributed by atoms with Crippen molar-refractivity contribution in [1.29, 1.82) is 0 Å². The second kappa shape index (κ2) is 4.23. The molecule has 4 aliphatic carbocycles. The highest BCUT2D eigenvalue weighted by Gasteiger charge is 2.60. The molecule has 0 amide bonds. The predicted molar refractivity (Wildman–Crippen MR) is 75.4 cm³/mol. The van der Waals surface area contributed by atoms with Gasteiger partial charge in [-0.1, -0.05) is 20.8 Å². The molecule has 0 heterocycles. The summed E-state index contributed by atoms with van der Waals surface area (Å²) in [6.45, 7) is 11.5. The zero-order valence-corrected chi connectivity index (χ0v) is 12.7. The average molecular weight is 250 g/mol. The Morgan fingerprint density at radius 3 is 1.94 bits per heavy atom.